The molecule has 1 unspecified atom stereocenters. The Hall–Kier alpha value is -2.01. The summed E-state index contributed by atoms with van der Waals surface area (Å²) in [4.78, 5) is 11.2. The fraction of sp³-hybridized carbons (Fsp3) is 0.375. The fourth-order valence-electron chi connectivity index (χ4n) is 2.09. The largest absolute Gasteiger partial charge is 0.378 e. The van der Waals surface area contributed by atoms with Gasteiger partial charge in [-0.2, -0.15) is 5.10 Å². The third-order valence-corrected chi connectivity index (χ3v) is 3.64. The van der Waals surface area contributed by atoms with Crippen LogP contribution in [0, 0.1) is 0 Å². The molecule has 6 heteroatoms. The number of carbonyl (C=O) groups is 1. The lowest BCUT2D eigenvalue weighted by molar-refractivity contribution is -0.114. The predicted molar refractivity (Wildman–Crippen MR) is 90.4 cm³/mol. The number of rotatable bonds is 5. The maximum atomic E-state index is 11.2. The lowest BCUT2D eigenvalue weighted by Gasteiger charge is -2.15. The van der Waals surface area contributed by atoms with Gasteiger partial charge in [0.1, 0.15) is 0 Å². The van der Waals surface area contributed by atoms with Crippen LogP contribution in [-0.2, 0) is 4.79 Å². The molecule has 1 atom stereocenters. The Morgan fingerprint density at radius 2 is 2.05 bits per heavy atom. The Bertz CT molecular complexity index is 666. The molecule has 2 rings (SSSR count). The van der Waals surface area contributed by atoms with Crippen molar-refractivity contribution in [3.63, 3.8) is 0 Å². The maximum Gasteiger partial charge on any atom is 0.221 e. The van der Waals surface area contributed by atoms with Crippen molar-refractivity contribution in [2.24, 2.45) is 0 Å². The highest BCUT2D eigenvalue weighted by atomic mass is 35.5. The average molecular weight is 321 g/mol. The number of nitrogens with zero attached hydrogens (tertiary/aromatic N) is 2. The lowest BCUT2D eigenvalue weighted by atomic mass is 10.1. The van der Waals surface area contributed by atoms with E-state index < -0.39 is 0 Å². The summed E-state index contributed by atoms with van der Waals surface area (Å²) in [6.07, 6.45) is 3.90. The number of halogens is 1. The molecule has 0 bridgehead atoms. The van der Waals surface area contributed by atoms with Gasteiger partial charge < -0.3 is 10.6 Å². The van der Waals surface area contributed by atoms with E-state index in [1.165, 1.54) is 6.92 Å². The minimum absolute atomic E-state index is 0.0962. The van der Waals surface area contributed by atoms with Crippen molar-refractivity contribution in [1.82, 2.24) is 9.78 Å². The Morgan fingerprint density at radius 1 is 1.32 bits per heavy atom. The summed E-state index contributed by atoms with van der Waals surface area (Å²) >= 11 is 6.08. The van der Waals surface area contributed by atoms with Gasteiger partial charge in [-0.1, -0.05) is 11.6 Å². The van der Waals surface area contributed by atoms with E-state index in [0.29, 0.717) is 16.8 Å². The van der Waals surface area contributed by atoms with Crippen molar-refractivity contribution in [2.75, 3.05) is 10.6 Å². The van der Waals surface area contributed by atoms with Gasteiger partial charge in [0.05, 0.1) is 22.9 Å². The van der Waals surface area contributed by atoms with Gasteiger partial charge in [-0.05, 0) is 39.0 Å². The van der Waals surface area contributed by atoms with E-state index in [2.05, 4.69) is 36.5 Å². The standard InChI is InChI=1S/C16H21ClN4O/c1-10(2)21-9-13(8-18-21)11(3)19-14-5-6-15(17)16(7-14)20-12(4)22/h5-11,19H,1-4H3,(H,20,22). The smallest absolute Gasteiger partial charge is 0.221 e. The topological polar surface area (TPSA) is 59.0 Å². The monoisotopic (exact) mass is 320 g/mol. The first-order valence-corrected chi connectivity index (χ1v) is 7.62. The van der Waals surface area contributed by atoms with Gasteiger partial charge in [0, 0.05) is 30.4 Å². The zero-order chi connectivity index (χ0) is 16.3. The molecule has 118 valence electrons. The van der Waals surface area contributed by atoms with Crippen LogP contribution in [0.1, 0.15) is 45.3 Å². The summed E-state index contributed by atoms with van der Waals surface area (Å²) < 4.78 is 1.93. The SMILES string of the molecule is CC(=O)Nc1cc(NC(C)c2cnn(C(C)C)c2)ccc1Cl. The maximum absolute atomic E-state index is 11.2. The van der Waals surface area contributed by atoms with Crippen LogP contribution in [0.2, 0.25) is 5.02 Å². The van der Waals surface area contributed by atoms with Gasteiger partial charge in [0.15, 0.2) is 0 Å². The number of aromatic nitrogens is 2. The van der Waals surface area contributed by atoms with E-state index in [0.717, 1.165) is 11.3 Å². The van der Waals surface area contributed by atoms with Crippen molar-refractivity contribution in [3.05, 3.63) is 41.2 Å². The first-order chi connectivity index (χ1) is 10.4. The van der Waals surface area contributed by atoms with Crippen LogP contribution in [-0.4, -0.2) is 15.7 Å². The molecule has 5 nitrogen and oxygen atoms in total. The van der Waals surface area contributed by atoms with E-state index >= 15 is 0 Å². The van der Waals surface area contributed by atoms with E-state index in [9.17, 15) is 4.79 Å². The first kappa shape index (κ1) is 16.4. The molecule has 1 aromatic carbocycles. The molecule has 0 spiro atoms. The van der Waals surface area contributed by atoms with Crippen molar-refractivity contribution >= 4 is 28.9 Å². The molecule has 0 aliphatic rings. The van der Waals surface area contributed by atoms with Crippen LogP contribution in [0.15, 0.2) is 30.6 Å². The number of anilines is 2. The van der Waals surface area contributed by atoms with Crippen LogP contribution in [0.5, 0.6) is 0 Å². The lowest BCUT2D eigenvalue weighted by Crippen LogP contribution is -2.09. The van der Waals surface area contributed by atoms with E-state index in [-0.39, 0.29) is 11.9 Å². The van der Waals surface area contributed by atoms with Gasteiger partial charge in [0.2, 0.25) is 5.91 Å². The molecule has 0 fully saturated rings. The predicted octanol–water partition coefficient (Wildman–Crippen LogP) is 4.25. The number of carbonyl (C=O) groups excluding carboxylic acids is 1. The normalized spacial score (nSPS) is 12.3. The number of amides is 1. The van der Waals surface area contributed by atoms with E-state index in [1.54, 1.807) is 6.07 Å². The molecule has 0 aliphatic heterocycles. The van der Waals surface area contributed by atoms with E-state index in [1.807, 2.05) is 29.2 Å². The Balaban J connectivity index is 2.13. The highest BCUT2D eigenvalue weighted by molar-refractivity contribution is 6.33. The summed E-state index contributed by atoms with van der Waals surface area (Å²) in [6.45, 7) is 7.70. The van der Waals surface area contributed by atoms with Crippen molar-refractivity contribution < 1.29 is 4.79 Å². The minimum atomic E-state index is -0.148. The molecule has 1 amide bonds. The second-order valence-electron chi connectivity index (χ2n) is 5.59. The van der Waals surface area contributed by atoms with Crippen molar-refractivity contribution in [1.29, 1.82) is 0 Å². The Kier molecular flexibility index (Phi) is 5.08. The fourth-order valence-corrected chi connectivity index (χ4v) is 2.26. The van der Waals surface area contributed by atoms with Crippen LogP contribution in [0.3, 0.4) is 0 Å². The molecular weight excluding hydrogens is 300 g/mol. The van der Waals surface area contributed by atoms with Gasteiger partial charge in [-0.3, -0.25) is 9.48 Å². The van der Waals surface area contributed by atoms with Crippen molar-refractivity contribution in [3.8, 4) is 0 Å². The van der Waals surface area contributed by atoms with Gasteiger partial charge in [-0.25, -0.2) is 0 Å². The Morgan fingerprint density at radius 3 is 2.64 bits per heavy atom. The average Bonchev–Trinajstić information content (AvgIpc) is 2.92. The molecular formula is C16H21ClN4O. The third kappa shape index (κ3) is 4.01. The molecule has 2 aromatic rings. The zero-order valence-electron chi connectivity index (χ0n) is 13.2. The van der Waals surface area contributed by atoms with Crippen molar-refractivity contribution in [2.45, 2.75) is 39.8 Å². The summed E-state index contributed by atoms with van der Waals surface area (Å²) in [7, 11) is 0. The molecule has 0 saturated carbocycles. The number of hydrogen-bond acceptors (Lipinski definition) is 3. The van der Waals surface area contributed by atoms with Gasteiger partial charge >= 0.3 is 0 Å². The van der Waals surface area contributed by atoms with Gasteiger partial charge in [0.25, 0.3) is 0 Å². The second kappa shape index (κ2) is 6.83. The third-order valence-electron chi connectivity index (χ3n) is 3.31. The molecule has 0 radical (unpaired) electrons. The van der Waals surface area contributed by atoms with E-state index in [4.69, 9.17) is 11.6 Å². The highest BCUT2D eigenvalue weighted by Gasteiger charge is 2.11. The molecule has 1 aromatic heterocycles. The quantitative estimate of drug-likeness (QED) is 0.866. The minimum Gasteiger partial charge on any atom is -0.378 e. The summed E-state index contributed by atoms with van der Waals surface area (Å²) in [5.74, 6) is -0.148. The first-order valence-electron chi connectivity index (χ1n) is 7.24. The van der Waals surface area contributed by atoms with Crippen LogP contribution >= 0.6 is 11.6 Å². The van der Waals surface area contributed by atoms with Crippen LogP contribution in [0.4, 0.5) is 11.4 Å². The van der Waals surface area contributed by atoms with Crippen LogP contribution < -0.4 is 10.6 Å². The highest BCUT2D eigenvalue weighted by Crippen LogP contribution is 2.28. The molecule has 2 N–H and O–H groups in total. The number of nitrogens with one attached hydrogen (secondary N) is 2. The Labute approximate surface area is 135 Å². The second-order valence-corrected chi connectivity index (χ2v) is 6.00. The number of benzene rings is 1. The molecule has 1 heterocycles. The molecule has 0 saturated heterocycles. The number of hydrogen-bond donors (Lipinski definition) is 2. The summed E-state index contributed by atoms with van der Waals surface area (Å²) in [5, 5.41) is 11.0. The zero-order valence-corrected chi connectivity index (χ0v) is 14.0. The molecule has 0 aliphatic carbocycles. The summed E-state index contributed by atoms with van der Waals surface area (Å²) in [6, 6.07) is 5.91. The van der Waals surface area contributed by atoms with Gasteiger partial charge in [-0.15, -0.1) is 0 Å². The summed E-state index contributed by atoms with van der Waals surface area (Å²) in [5.41, 5.74) is 2.59. The van der Waals surface area contributed by atoms with Crippen LogP contribution in [0.25, 0.3) is 0 Å². The molecule has 22 heavy (non-hydrogen) atoms.